The molecule has 148 valence electrons. The molecule has 0 unspecified atom stereocenters. The lowest BCUT2D eigenvalue weighted by Gasteiger charge is -2.12. The number of nitrogens with one attached hydrogen (secondary N) is 3. The van der Waals surface area contributed by atoms with E-state index in [2.05, 4.69) is 25.9 Å². The molecule has 1 amide bonds. The van der Waals surface area contributed by atoms with Gasteiger partial charge in [-0.2, -0.15) is 0 Å². The first-order valence-electron chi connectivity index (χ1n) is 8.33. The normalized spacial score (nSPS) is 10.9. The van der Waals surface area contributed by atoms with Crippen LogP contribution in [0.4, 0.5) is 5.69 Å². The molecule has 0 aliphatic rings. The summed E-state index contributed by atoms with van der Waals surface area (Å²) < 4.78 is 5.51. The van der Waals surface area contributed by atoms with Gasteiger partial charge < -0.3 is 20.4 Å². The molecule has 0 saturated heterocycles. The number of aromatic nitrogens is 1. The number of benzene rings is 1. The third-order valence-corrected chi connectivity index (χ3v) is 4.30. The number of oxazole rings is 1. The molecule has 0 spiro atoms. The van der Waals surface area contributed by atoms with Crippen molar-refractivity contribution >= 4 is 53.1 Å². The van der Waals surface area contributed by atoms with E-state index < -0.39 is 0 Å². The molecule has 2 aromatic rings. The minimum absolute atomic E-state index is 0. The molecule has 0 fully saturated rings. The van der Waals surface area contributed by atoms with E-state index in [0.717, 1.165) is 22.7 Å². The van der Waals surface area contributed by atoms with Crippen LogP contribution in [0.15, 0.2) is 27.6 Å². The Morgan fingerprint density at radius 3 is 2.63 bits per heavy atom. The van der Waals surface area contributed by atoms with E-state index in [9.17, 15) is 4.79 Å². The highest BCUT2D eigenvalue weighted by atomic mass is 127. The van der Waals surface area contributed by atoms with Gasteiger partial charge in [-0.3, -0.25) is 9.79 Å². The lowest BCUT2D eigenvalue weighted by Crippen LogP contribution is -2.38. The standard InChI is InChI=1S/C18H24ClN5O2.HI/c1-11-14(19)6-5-7-15(11)24-16(25)8-9-21-18(20-4)22-10-17-23-12(2)13(3)26-17;/h5-7H,8-10H2,1-4H3,(H,24,25)(H2,20,21,22);1H. The first-order chi connectivity index (χ1) is 12.4. The molecule has 2 rings (SSSR count). The third kappa shape index (κ3) is 7.02. The largest absolute Gasteiger partial charge is 0.444 e. The Labute approximate surface area is 181 Å². The highest BCUT2D eigenvalue weighted by Crippen LogP contribution is 2.22. The number of amides is 1. The monoisotopic (exact) mass is 505 g/mol. The maximum Gasteiger partial charge on any atom is 0.226 e. The molecular formula is C18H25ClIN5O2. The average molecular weight is 506 g/mol. The van der Waals surface area contributed by atoms with Crippen molar-refractivity contribution in [2.75, 3.05) is 18.9 Å². The predicted molar refractivity (Wildman–Crippen MR) is 119 cm³/mol. The number of nitrogens with zero attached hydrogens (tertiary/aromatic N) is 2. The molecule has 0 aliphatic heterocycles. The fourth-order valence-corrected chi connectivity index (χ4v) is 2.42. The second-order valence-electron chi connectivity index (χ2n) is 5.81. The number of aryl methyl sites for hydroxylation is 2. The van der Waals surface area contributed by atoms with Crippen LogP contribution in [-0.2, 0) is 11.3 Å². The summed E-state index contributed by atoms with van der Waals surface area (Å²) in [5, 5.41) is 9.67. The van der Waals surface area contributed by atoms with Crippen LogP contribution in [0, 0.1) is 20.8 Å². The van der Waals surface area contributed by atoms with Crippen molar-refractivity contribution in [1.29, 1.82) is 0 Å². The van der Waals surface area contributed by atoms with E-state index in [4.69, 9.17) is 16.0 Å². The van der Waals surface area contributed by atoms with Gasteiger partial charge in [0.1, 0.15) is 5.76 Å². The molecule has 27 heavy (non-hydrogen) atoms. The van der Waals surface area contributed by atoms with Gasteiger partial charge in [0.05, 0.1) is 12.2 Å². The van der Waals surface area contributed by atoms with Crippen LogP contribution in [0.2, 0.25) is 5.02 Å². The van der Waals surface area contributed by atoms with Crippen molar-refractivity contribution < 1.29 is 9.21 Å². The number of rotatable bonds is 6. The highest BCUT2D eigenvalue weighted by molar-refractivity contribution is 14.0. The van der Waals surface area contributed by atoms with Crippen LogP contribution in [0.25, 0.3) is 0 Å². The number of hydrogen-bond donors (Lipinski definition) is 3. The van der Waals surface area contributed by atoms with Gasteiger partial charge in [-0.05, 0) is 38.5 Å². The Bertz CT molecular complexity index is 788. The number of carbonyl (C=O) groups is 1. The number of halogens is 2. The SMILES string of the molecule is CN=C(NCCC(=O)Nc1cccc(Cl)c1C)NCc1nc(C)c(C)o1.I. The maximum absolute atomic E-state index is 12.1. The molecule has 1 aromatic carbocycles. The number of carbonyl (C=O) groups excluding carboxylic acids is 1. The summed E-state index contributed by atoms with van der Waals surface area (Å²) in [6.07, 6.45) is 0.296. The van der Waals surface area contributed by atoms with E-state index in [1.165, 1.54) is 0 Å². The van der Waals surface area contributed by atoms with Gasteiger partial charge in [-0.15, -0.1) is 24.0 Å². The van der Waals surface area contributed by atoms with Gasteiger partial charge in [-0.1, -0.05) is 17.7 Å². The van der Waals surface area contributed by atoms with E-state index in [-0.39, 0.29) is 29.9 Å². The van der Waals surface area contributed by atoms with Crippen molar-refractivity contribution in [2.24, 2.45) is 4.99 Å². The smallest absolute Gasteiger partial charge is 0.226 e. The van der Waals surface area contributed by atoms with Crippen LogP contribution < -0.4 is 16.0 Å². The van der Waals surface area contributed by atoms with E-state index in [1.54, 1.807) is 19.2 Å². The first-order valence-corrected chi connectivity index (χ1v) is 8.71. The van der Waals surface area contributed by atoms with Crippen molar-refractivity contribution in [3.05, 3.63) is 46.1 Å². The summed E-state index contributed by atoms with van der Waals surface area (Å²) in [5.74, 6) is 1.87. The molecule has 0 atom stereocenters. The van der Waals surface area contributed by atoms with Crippen LogP contribution in [0.5, 0.6) is 0 Å². The minimum atomic E-state index is -0.0997. The summed E-state index contributed by atoms with van der Waals surface area (Å²) in [6, 6.07) is 5.43. The molecule has 0 saturated carbocycles. The highest BCUT2D eigenvalue weighted by Gasteiger charge is 2.08. The van der Waals surface area contributed by atoms with Crippen LogP contribution in [0.3, 0.4) is 0 Å². The van der Waals surface area contributed by atoms with Crippen molar-refractivity contribution in [1.82, 2.24) is 15.6 Å². The van der Waals surface area contributed by atoms with E-state index >= 15 is 0 Å². The molecule has 0 aliphatic carbocycles. The maximum atomic E-state index is 12.1. The summed E-state index contributed by atoms with van der Waals surface area (Å²) >= 11 is 6.06. The van der Waals surface area contributed by atoms with E-state index in [0.29, 0.717) is 36.4 Å². The van der Waals surface area contributed by atoms with Gasteiger partial charge in [0.2, 0.25) is 11.8 Å². The Balaban J connectivity index is 0.00000364. The number of guanidine groups is 1. The molecule has 1 heterocycles. The van der Waals surface area contributed by atoms with Crippen molar-refractivity contribution in [2.45, 2.75) is 33.7 Å². The molecule has 9 heteroatoms. The molecule has 1 aromatic heterocycles. The Kier molecular flexibility index (Phi) is 9.57. The second-order valence-corrected chi connectivity index (χ2v) is 6.22. The Morgan fingerprint density at radius 1 is 1.26 bits per heavy atom. The third-order valence-electron chi connectivity index (χ3n) is 3.89. The van der Waals surface area contributed by atoms with Gasteiger partial charge in [0, 0.05) is 30.7 Å². The fraction of sp³-hybridized carbons (Fsp3) is 0.389. The lowest BCUT2D eigenvalue weighted by molar-refractivity contribution is -0.116. The quantitative estimate of drug-likeness (QED) is 0.317. The zero-order chi connectivity index (χ0) is 19.1. The minimum Gasteiger partial charge on any atom is -0.444 e. The topological polar surface area (TPSA) is 91.5 Å². The van der Waals surface area contributed by atoms with Crippen LogP contribution in [-0.4, -0.2) is 30.4 Å². The molecule has 7 nitrogen and oxygen atoms in total. The predicted octanol–water partition coefficient (Wildman–Crippen LogP) is 3.57. The Morgan fingerprint density at radius 2 is 2.00 bits per heavy atom. The number of hydrogen-bond acceptors (Lipinski definition) is 4. The summed E-state index contributed by atoms with van der Waals surface area (Å²) in [5.41, 5.74) is 2.45. The molecule has 0 bridgehead atoms. The molecule has 3 N–H and O–H groups in total. The number of aliphatic imine (C=N–C) groups is 1. The van der Waals surface area contributed by atoms with Crippen LogP contribution in [0.1, 0.15) is 29.3 Å². The second kappa shape index (κ2) is 11.1. The van der Waals surface area contributed by atoms with Gasteiger partial charge in [0.15, 0.2) is 5.96 Å². The number of anilines is 1. The Hall–Kier alpha value is -1.81. The first kappa shape index (κ1) is 23.2. The summed E-state index contributed by atoms with van der Waals surface area (Å²) in [4.78, 5) is 20.5. The zero-order valence-corrected chi connectivity index (χ0v) is 18.9. The summed E-state index contributed by atoms with van der Waals surface area (Å²) in [6.45, 7) is 6.50. The summed E-state index contributed by atoms with van der Waals surface area (Å²) in [7, 11) is 1.66. The van der Waals surface area contributed by atoms with Crippen molar-refractivity contribution in [3.63, 3.8) is 0 Å². The molecule has 0 radical (unpaired) electrons. The lowest BCUT2D eigenvalue weighted by atomic mass is 10.2. The van der Waals surface area contributed by atoms with Gasteiger partial charge in [-0.25, -0.2) is 4.98 Å². The van der Waals surface area contributed by atoms with E-state index in [1.807, 2.05) is 26.8 Å². The average Bonchev–Trinajstić information content (AvgIpc) is 2.93. The zero-order valence-electron chi connectivity index (χ0n) is 15.9. The fourth-order valence-electron chi connectivity index (χ4n) is 2.24. The van der Waals surface area contributed by atoms with Gasteiger partial charge in [0.25, 0.3) is 0 Å². The molecular weight excluding hydrogens is 481 g/mol. The van der Waals surface area contributed by atoms with Crippen molar-refractivity contribution in [3.8, 4) is 0 Å². The van der Waals surface area contributed by atoms with Gasteiger partial charge >= 0.3 is 0 Å². The van der Waals surface area contributed by atoms with Crippen LogP contribution >= 0.6 is 35.6 Å².